The van der Waals surface area contributed by atoms with Crippen LogP contribution < -0.4 is 4.90 Å². The Morgan fingerprint density at radius 3 is 2.78 bits per heavy atom. The fourth-order valence-corrected chi connectivity index (χ4v) is 2.72. The van der Waals surface area contributed by atoms with Gasteiger partial charge in [0, 0.05) is 23.8 Å². The van der Waals surface area contributed by atoms with Gasteiger partial charge in [-0.3, -0.25) is 0 Å². The van der Waals surface area contributed by atoms with Crippen molar-refractivity contribution < 1.29 is 4.39 Å². The third kappa shape index (κ3) is 1.87. The molecule has 0 saturated heterocycles. The van der Waals surface area contributed by atoms with E-state index in [0.717, 1.165) is 29.9 Å². The van der Waals surface area contributed by atoms with Crippen molar-refractivity contribution in [2.75, 3.05) is 11.4 Å². The molecule has 3 heteroatoms. The molecule has 0 fully saturated rings. The molecule has 0 aliphatic carbocycles. The average Bonchev–Trinajstić information content (AvgIpc) is 2.81. The van der Waals surface area contributed by atoms with Gasteiger partial charge in [-0.05, 0) is 35.7 Å². The second kappa shape index (κ2) is 4.62. The van der Waals surface area contributed by atoms with Crippen molar-refractivity contribution >= 4 is 23.0 Å². The van der Waals surface area contributed by atoms with E-state index in [1.807, 2.05) is 30.3 Å². The third-order valence-electron chi connectivity index (χ3n) is 3.37. The highest BCUT2D eigenvalue weighted by Gasteiger charge is 2.22. The van der Waals surface area contributed by atoms with Gasteiger partial charge in [0.2, 0.25) is 0 Å². The molecule has 0 atom stereocenters. The number of alkyl halides is 1. The predicted octanol–water partition coefficient (Wildman–Crippen LogP) is 4.26. The minimum atomic E-state index is -0.191. The second-order valence-corrected chi connectivity index (χ2v) is 4.70. The number of anilines is 2. The highest BCUT2D eigenvalue weighted by atomic mass is 35.5. The summed E-state index contributed by atoms with van der Waals surface area (Å²) in [6.45, 7) is 0.882. The Hall–Kier alpha value is -1.54. The summed E-state index contributed by atoms with van der Waals surface area (Å²) in [5.74, 6) is 0.279. The molecule has 0 aromatic heterocycles. The van der Waals surface area contributed by atoms with Crippen LogP contribution in [0, 0.1) is 5.82 Å². The van der Waals surface area contributed by atoms with E-state index in [1.54, 1.807) is 6.07 Å². The lowest BCUT2D eigenvalue weighted by atomic mass is 10.1. The molecule has 1 aliphatic heterocycles. The lowest BCUT2D eigenvalue weighted by Gasteiger charge is -2.22. The van der Waals surface area contributed by atoms with Crippen molar-refractivity contribution in [3.63, 3.8) is 0 Å². The first-order chi connectivity index (χ1) is 8.79. The number of hydrogen-bond acceptors (Lipinski definition) is 1. The molecule has 1 heterocycles. The quantitative estimate of drug-likeness (QED) is 0.730. The largest absolute Gasteiger partial charge is 0.341 e. The van der Waals surface area contributed by atoms with Crippen LogP contribution in [-0.4, -0.2) is 6.54 Å². The Kier molecular flexibility index (Phi) is 2.96. The molecule has 1 aliphatic rings. The lowest BCUT2D eigenvalue weighted by molar-refractivity contribution is 0.628. The fourth-order valence-electron chi connectivity index (χ4n) is 2.49. The minimum absolute atomic E-state index is 0.191. The monoisotopic (exact) mass is 261 g/mol. The molecular weight excluding hydrogens is 249 g/mol. The number of rotatable bonds is 2. The van der Waals surface area contributed by atoms with Gasteiger partial charge in [0.05, 0.1) is 0 Å². The standard InChI is InChI=1S/C15H13ClFN/c16-10-12-3-1-2-4-14(12)18-8-7-11-5-6-13(17)9-15(11)18/h1-6,9H,7-8,10H2. The minimum Gasteiger partial charge on any atom is -0.341 e. The Labute approximate surface area is 111 Å². The molecule has 0 bridgehead atoms. The molecule has 92 valence electrons. The zero-order chi connectivity index (χ0) is 12.5. The molecule has 2 aromatic carbocycles. The van der Waals surface area contributed by atoms with E-state index in [1.165, 1.54) is 11.6 Å². The number of fused-ring (bicyclic) bond motifs is 1. The summed E-state index contributed by atoms with van der Waals surface area (Å²) in [5, 5.41) is 0. The number of para-hydroxylation sites is 1. The van der Waals surface area contributed by atoms with Gasteiger partial charge in [-0.2, -0.15) is 0 Å². The zero-order valence-electron chi connectivity index (χ0n) is 9.87. The molecule has 3 rings (SSSR count). The number of nitrogens with zero attached hydrogens (tertiary/aromatic N) is 1. The summed E-state index contributed by atoms with van der Waals surface area (Å²) in [5.41, 5.74) is 4.32. The van der Waals surface area contributed by atoms with Crippen LogP contribution in [0.4, 0.5) is 15.8 Å². The molecule has 2 aromatic rings. The van der Waals surface area contributed by atoms with Crippen LogP contribution in [0.3, 0.4) is 0 Å². The topological polar surface area (TPSA) is 3.24 Å². The van der Waals surface area contributed by atoms with Crippen molar-refractivity contribution in [2.24, 2.45) is 0 Å². The summed E-state index contributed by atoms with van der Waals surface area (Å²) in [6, 6.07) is 13.0. The summed E-state index contributed by atoms with van der Waals surface area (Å²) in [4.78, 5) is 2.15. The van der Waals surface area contributed by atoms with Gasteiger partial charge in [0.15, 0.2) is 0 Å². The van der Waals surface area contributed by atoms with Crippen LogP contribution in [-0.2, 0) is 12.3 Å². The van der Waals surface area contributed by atoms with Gasteiger partial charge < -0.3 is 4.90 Å². The predicted molar refractivity (Wildman–Crippen MR) is 73.1 cm³/mol. The van der Waals surface area contributed by atoms with E-state index >= 15 is 0 Å². The van der Waals surface area contributed by atoms with E-state index in [-0.39, 0.29) is 5.82 Å². The molecule has 0 spiro atoms. The van der Waals surface area contributed by atoms with Crippen LogP contribution in [0.5, 0.6) is 0 Å². The highest BCUT2D eigenvalue weighted by Crippen LogP contribution is 2.36. The van der Waals surface area contributed by atoms with Crippen LogP contribution in [0.1, 0.15) is 11.1 Å². The summed E-state index contributed by atoms with van der Waals surface area (Å²) in [6.07, 6.45) is 0.951. The molecule has 0 N–H and O–H groups in total. The number of halogens is 2. The van der Waals surface area contributed by atoms with Gasteiger partial charge in [0.25, 0.3) is 0 Å². The van der Waals surface area contributed by atoms with E-state index < -0.39 is 0 Å². The normalized spacial score (nSPS) is 13.8. The molecule has 18 heavy (non-hydrogen) atoms. The maximum absolute atomic E-state index is 13.4. The van der Waals surface area contributed by atoms with Gasteiger partial charge in [-0.15, -0.1) is 11.6 Å². The first kappa shape index (κ1) is 11.5. The Bertz CT molecular complexity index is 582. The maximum Gasteiger partial charge on any atom is 0.125 e. The van der Waals surface area contributed by atoms with Gasteiger partial charge in [-0.25, -0.2) is 4.39 Å². The summed E-state index contributed by atoms with van der Waals surface area (Å²) < 4.78 is 13.4. The smallest absolute Gasteiger partial charge is 0.125 e. The fraction of sp³-hybridized carbons (Fsp3) is 0.200. The Morgan fingerprint density at radius 1 is 1.11 bits per heavy atom. The van der Waals surface area contributed by atoms with Crippen molar-refractivity contribution in [1.82, 2.24) is 0 Å². The summed E-state index contributed by atoms with van der Waals surface area (Å²) in [7, 11) is 0. The van der Waals surface area contributed by atoms with E-state index in [9.17, 15) is 4.39 Å². The zero-order valence-corrected chi connectivity index (χ0v) is 10.6. The number of hydrogen-bond donors (Lipinski definition) is 0. The van der Waals surface area contributed by atoms with E-state index in [2.05, 4.69) is 4.90 Å². The Balaban J connectivity index is 2.08. The van der Waals surface area contributed by atoms with Crippen LogP contribution in [0.25, 0.3) is 0 Å². The molecular formula is C15H13ClFN. The van der Waals surface area contributed by atoms with Gasteiger partial charge >= 0.3 is 0 Å². The van der Waals surface area contributed by atoms with Crippen molar-refractivity contribution in [3.8, 4) is 0 Å². The Morgan fingerprint density at radius 2 is 1.94 bits per heavy atom. The molecule has 0 radical (unpaired) electrons. The first-order valence-electron chi connectivity index (χ1n) is 5.99. The molecule has 0 amide bonds. The van der Waals surface area contributed by atoms with Gasteiger partial charge in [-0.1, -0.05) is 24.3 Å². The third-order valence-corrected chi connectivity index (χ3v) is 3.66. The van der Waals surface area contributed by atoms with Crippen molar-refractivity contribution in [3.05, 3.63) is 59.4 Å². The first-order valence-corrected chi connectivity index (χ1v) is 6.53. The van der Waals surface area contributed by atoms with Crippen LogP contribution in [0.2, 0.25) is 0 Å². The lowest BCUT2D eigenvalue weighted by Crippen LogP contribution is -2.14. The maximum atomic E-state index is 13.4. The average molecular weight is 262 g/mol. The molecule has 1 nitrogen and oxygen atoms in total. The number of benzene rings is 2. The SMILES string of the molecule is Fc1ccc2c(c1)N(c1ccccc1CCl)CC2. The van der Waals surface area contributed by atoms with Gasteiger partial charge in [0.1, 0.15) is 5.82 Å². The molecule has 0 saturated carbocycles. The second-order valence-electron chi connectivity index (χ2n) is 4.44. The van der Waals surface area contributed by atoms with Crippen molar-refractivity contribution in [1.29, 1.82) is 0 Å². The van der Waals surface area contributed by atoms with E-state index in [0.29, 0.717) is 5.88 Å². The van der Waals surface area contributed by atoms with Crippen LogP contribution in [0.15, 0.2) is 42.5 Å². The summed E-state index contributed by atoms with van der Waals surface area (Å²) >= 11 is 5.97. The van der Waals surface area contributed by atoms with Crippen LogP contribution >= 0.6 is 11.6 Å². The van der Waals surface area contributed by atoms with Crippen molar-refractivity contribution in [2.45, 2.75) is 12.3 Å². The van der Waals surface area contributed by atoms with E-state index in [4.69, 9.17) is 11.6 Å². The molecule has 0 unspecified atom stereocenters. The highest BCUT2D eigenvalue weighted by molar-refractivity contribution is 6.17.